The Kier molecular flexibility index (Phi) is 5.81. The van der Waals surface area contributed by atoms with E-state index < -0.39 is 0 Å². The lowest BCUT2D eigenvalue weighted by atomic mass is 10.0. The quantitative estimate of drug-likeness (QED) is 0.209. The fourth-order valence-electron chi connectivity index (χ4n) is 6.63. The van der Waals surface area contributed by atoms with Crippen molar-refractivity contribution in [3.05, 3.63) is 151 Å². The van der Waals surface area contributed by atoms with Crippen LogP contribution in [0.3, 0.4) is 0 Å². The van der Waals surface area contributed by atoms with Crippen molar-refractivity contribution in [2.75, 3.05) is 0 Å². The van der Waals surface area contributed by atoms with Gasteiger partial charge in [0.1, 0.15) is 0 Å². The molecule has 3 heterocycles. The van der Waals surface area contributed by atoms with E-state index in [-0.39, 0.29) is 0 Å². The van der Waals surface area contributed by atoms with E-state index in [4.69, 9.17) is 15.0 Å². The standard InChI is InChI=1S/C40H27N5/c1-5-15-27(16-6-1)38-41-39(28-17-7-2-8-18-28)43-40(42-38)45-33-24-14-13-22-31(33)37-35(45)26-25-34-36(37)30-21-11-4-12-23-32(30)44(34)29-19-9-3-10-20-29/h1-3,5-26H,4H2. The third-order valence-corrected chi connectivity index (χ3v) is 8.58. The molecule has 0 fully saturated rings. The van der Waals surface area contributed by atoms with Crippen LogP contribution in [0.5, 0.6) is 0 Å². The maximum absolute atomic E-state index is 5.12. The van der Waals surface area contributed by atoms with Crippen LogP contribution in [0.15, 0.2) is 140 Å². The Labute approximate surface area is 260 Å². The molecule has 0 N–H and O–H groups in total. The third-order valence-electron chi connectivity index (χ3n) is 8.58. The first-order valence-corrected chi connectivity index (χ1v) is 15.2. The van der Waals surface area contributed by atoms with Crippen molar-refractivity contribution in [1.82, 2.24) is 24.1 Å². The van der Waals surface area contributed by atoms with E-state index in [1.54, 1.807) is 0 Å². The molecule has 5 aromatic carbocycles. The second kappa shape index (κ2) is 10.3. The lowest BCUT2D eigenvalue weighted by Crippen LogP contribution is -2.06. The second-order valence-corrected chi connectivity index (χ2v) is 11.2. The normalized spacial score (nSPS) is 12.6. The first-order chi connectivity index (χ1) is 22.3. The summed E-state index contributed by atoms with van der Waals surface area (Å²) in [7, 11) is 0. The molecule has 45 heavy (non-hydrogen) atoms. The molecule has 0 saturated heterocycles. The maximum Gasteiger partial charge on any atom is 0.238 e. The zero-order valence-corrected chi connectivity index (χ0v) is 24.4. The van der Waals surface area contributed by atoms with Gasteiger partial charge >= 0.3 is 0 Å². The summed E-state index contributed by atoms with van der Waals surface area (Å²) >= 11 is 0. The molecule has 0 amide bonds. The molecule has 0 saturated carbocycles. The monoisotopic (exact) mass is 577 g/mol. The number of aromatic nitrogens is 5. The molecule has 0 unspecified atom stereocenters. The fourth-order valence-corrected chi connectivity index (χ4v) is 6.63. The Morgan fingerprint density at radius 1 is 0.467 bits per heavy atom. The highest BCUT2D eigenvalue weighted by Gasteiger charge is 2.24. The largest absolute Gasteiger partial charge is 0.309 e. The number of nitrogens with zero attached hydrogens (tertiary/aromatic N) is 5. The maximum atomic E-state index is 5.12. The molecular weight excluding hydrogens is 550 g/mol. The number of hydrogen-bond donors (Lipinski definition) is 0. The van der Waals surface area contributed by atoms with E-state index in [1.807, 2.05) is 60.7 Å². The highest BCUT2D eigenvalue weighted by molar-refractivity contribution is 6.23. The lowest BCUT2D eigenvalue weighted by Gasteiger charge is -2.11. The zero-order valence-electron chi connectivity index (χ0n) is 24.4. The number of rotatable bonds is 4. The number of allylic oxidation sites excluding steroid dienone is 2. The average Bonchev–Trinajstić information content (AvgIpc) is 3.49. The lowest BCUT2D eigenvalue weighted by molar-refractivity contribution is 0.953. The van der Waals surface area contributed by atoms with Crippen molar-refractivity contribution in [3.63, 3.8) is 0 Å². The van der Waals surface area contributed by atoms with Crippen LogP contribution in [0.2, 0.25) is 0 Å². The molecule has 3 aromatic heterocycles. The van der Waals surface area contributed by atoms with Gasteiger partial charge in [0.05, 0.1) is 22.2 Å². The van der Waals surface area contributed by atoms with Crippen molar-refractivity contribution < 1.29 is 0 Å². The van der Waals surface area contributed by atoms with Crippen molar-refractivity contribution in [2.24, 2.45) is 0 Å². The number of hydrogen-bond acceptors (Lipinski definition) is 3. The minimum absolute atomic E-state index is 0.595. The Morgan fingerprint density at radius 2 is 1.04 bits per heavy atom. The summed E-state index contributed by atoms with van der Waals surface area (Å²) in [5, 5.41) is 3.58. The average molecular weight is 578 g/mol. The first-order valence-electron chi connectivity index (χ1n) is 15.2. The van der Waals surface area contributed by atoms with E-state index in [2.05, 4.69) is 100 Å². The second-order valence-electron chi connectivity index (χ2n) is 11.2. The number of fused-ring (bicyclic) bond motifs is 7. The Bertz CT molecular complexity index is 2370. The van der Waals surface area contributed by atoms with Gasteiger partial charge < -0.3 is 4.57 Å². The number of benzene rings is 5. The van der Waals surface area contributed by atoms with Gasteiger partial charge in [0.25, 0.3) is 0 Å². The summed E-state index contributed by atoms with van der Waals surface area (Å²) in [6.07, 6.45) is 9.93. The van der Waals surface area contributed by atoms with Crippen LogP contribution in [0, 0.1) is 0 Å². The Morgan fingerprint density at radius 3 is 1.73 bits per heavy atom. The van der Waals surface area contributed by atoms with Gasteiger partial charge in [0, 0.05) is 38.5 Å². The Balaban J connectivity index is 1.41. The van der Waals surface area contributed by atoms with Gasteiger partial charge in [-0.3, -0.25) is 4.57 Å². The zero-order chi connectivity index (χ0) is 29.7. The summed E-state index contributed by atoms with van der Waals surface area (Å²) < 4.78 is 4.58. The molecule has 0 aliphatic heterocycles. The van der Waals surface area contributed by atoms with Crippen LogP contribution >= 0.6 is 0 Å². The molecule has 9 rings (SSSR count). The highest BCUT2D eigenvalue weighted by atomic mass is 15.2. The highest BCUT2D eigenvalue weighted by Crippen LogP contribution is 2.42. The summed E-state index contributed by atoms with van der Waals surface area (Å²) in [5.41, 5.74) is 8.73. The van der Waals surface area contributed by atoms with Gasteiger partial charge in [-0.15, -0.1) is 0 Å². The van der Waals surface area contributed by atoms with Gasteiger partial charge in [-0.25, -0.2) is 4.98 Å². The molecule has 0 radical (unpaired) electrons. The minimum atomic E-state index is 0.595. The predicted octanol–water partition coefficient (Wildman–Crippen LogP) is 9.68. The van der Waals surface area contributed by atoms with Crippen LogP contribution in [0.25, 0.3) is 79.3 Å². The SMILES string of the molecule is C1=Cc2c(n(-c3ccccc3)c3ccc4c(c5ccccc5n4-c4nc(-c5ccccc5)nc(-c5ccccc5)n4)c23)C=CC1. The molecule has 8 aromatic rings. The van der Waals surface area contributed by atoms with Gasteiger partial charge in [0.2, 0.25) is 5.95 Å². The van der Waals surface area contributed by atoms with E-state index in [0.29, 0.717) is 17.6 Å². The van der Waals surface area contributed by atoms with Gasteiger partial charge in [-0.05, 0) is 42.8 Å². The van der Waals surface area contributed by atoms with E-state index in [0.717, 1.165) is 39.7 Å². The molecule has 0 atom stereocenters. The van der Waals surface area contributed by atoms with E-state index in [9.17, 15) is 0 Å². The molecule has 0 bridgehead atoms. The summed E-state index contributed by atoms with van der Waals surface area (Å²) in [4.78, 5) is 15.2. The molecule has 1 aliphatic carbocycles. The summed E-state index contributed by atoms with van der Waals surface area (Å²) in [6, 6.07) is 43.9. The number of para-hydroxylation sites is 2. The van der Waals surface area contributed by atoms with Gasteiger partial charge in [-0.1, -0.05) is 115 Å². The van der Waals surface area contributed by atoms with Crippen molar-refractivity contribution in [2.45, 2.75) is 6.42 Å². The fraction of sp³-hybridized carbons (Fsp3) is 0.0250. The molecule has 1 aliphatic rings. The smallest absolute Gasteiger partial charge is 0.238 e. The van der Waals surface area contributed by atoms with E-state index in [1.165, 1.54) is 27.5 Å². The van der Waals surface area contributed by atoms with Crippen LogP contribution < -0.4 is 0 Å². The van der Waals surface area contributed by atoms with Crippen LogP contribution in [-0.2, 0) is 0 Å². The van der Waals surface area contributed by atoms with Gasteiger partial charge in [-0.2, -0.15) is 9.97 Å². The van der Waals surface area contributed by atoms with Crippen LogP contribution in [-0.4, -0.2) is 24.1 Å². The van der Waals surface area contributed by atoms with Crippen molar-refractivity contribution in [1.29, 1.82) is 0 Å². The topological polar surface area (TPSA) is 48.5 Å². The minimum Gasteiger partial charge on any atom is -0.309 e. The van der Waals surface area contributed by atoms with Gasteiger partial charge in [0.15, 0.2) is 11.6 Å². The molecular formula is C40H27N5. The van der Waals surface area contributed by atoms with Crippen LogP contribution in [0.1, 0.15) is 17.7 Å². The van der Waals surface area contributed by atoms with Crippen molar-refractivity contribution in [3.8, 4) is 34.4 Å². The predicted molar refractivity (Wildman–Crippen MR) is 185 cm³/mol. The molecule has 0 spiro atoms. The van der Waals surface area contributed by atoms with Crippen LogP contribution in [0.4, 0.5) is 0 Å². The third kappa shape index (κ3) is 4.05. The summed E-state index contributed by atoms with van der Waals surface area (Å²) in [5.74, 6) is 1.88. The van der Waals surface area contributed by atoms with Crippen molar-refractivity contribution >= 4 is 44.9 Å². The molecule has 5 nitrogen and oxygen atoms in total. The summed E-state index contributed by atoms with van der Waals surface area (Å²) in [6.45, 7) is 0. The molecule has 212 valence electrons. The van der Waals surface area contributed by atoms with E-state index >= 15 is 0 Å². The Hall–Kier alpha value is -6.07. The first kappa shape index (κ1) is 25.4. The molecule has 5 heteroatoms.